The van der Waals surface area contributed by atoms with Gasteiger partial charge in [-0.25, -0.2) is 9.37 Å². The molecule has 0 aliphatic heterocycles. The van der Waals surface area contributed by atoms with Crippen LogP contribution in [0.5, 0.6) is 0 Å². The third-order valence-electron chi connectivity index (χ3n) is 2.68. The molecule has 0 saturated carbocycles. The van der Waals surface area contributed by atoms with Gasteiger partial charge in [-0.15, -0.1) is 0 Å². The van der Waals surface area contributed by atoms with Crippen molar-refractivity contribution >= 4 is 27.3 Å². The van der Waals surface area contributed by atoms with Crippen LogP contribution in [0, 0.1) is 15.9 Å². The first kappa shape index (κ1) is 14.4. The van der Waals surface area contributed by atoms with Gasteiger partial charge in [-0.3, -0.25) is 10.1 Å². The lowest BCUT2D eigenvalue weighted by Gasteiger charge is -2.16. The van der Waals surface area contributed by atoms with Crippen molar-refractivity contribution in [2.75, 3.05) is 5.32 Å². The highest BCUT2D eigenvalue weighted by Crippen LogP contribution is 2.31. The number of nitrogens with one attached hydrogen (secondary N) is 1. The Labute approximate surface area is 122 Å². The lowest BCUT2D eigenvalue weighted by molar-refractivity contribution is -0.384. The van der Waals surface area contributed by atoms with E-state index >= 15 is 0 Å². The van der Waals surface area contributed by atoms with Crippen LogP contribution < -0.4 is 5.32 Å². The van der Waals surface area contributed by atoms with Gasteiger partial charge in [-0.1, -0.05) is 0 Å². The summed E-state index contributed by atoms with van der Waals surface area (Å²) in [6, 6.07) is 2.19. The van der Waals surface area contributed by atoms with Gasteiger partial charge in [0.2, 0.25) is 0 Å². The third kappa shape index (κ3) is 3.32. The van der Waals surface area contributed by atoms with Crippen LogP contribution in [0.25, 0.3) is 0 Å². The highest BCUT2D eigenvalue weighted by molar-refractivity contribution is 9.10. The number of anilines is 1. The number of nitro benzene ring substituents is 1. The number of imidazole rings is 1. The number of hydrogen-bond donors (Lipinski definition) is 1. The Balaban J connectivity index is 2.19. The summed E-state index contributed by atoms with van der Waals surface area (Å²) in [4.78, 5) is 14.3. The van der Waals surface area contributed by atoms with Crippen LogP contribution in [0.4, 0.5) is 15.8 Å². The second kappa shape index (κ2) is 6.00. The van der Waals surface area contributed by atoms with E-state index in [0.717, 1.165) is 6.07 Å². The van der Waals surface area contributed by atoms with Crippen molar-refractivity contribution in [1.29, 1.82) is 0 Å². The summed E-state index contributed by atoms with van der Waals surface area (Å²) in [7, 11) is 0. The topological polar surface area (TPSA) is 73.0 Å². The Bertz CT molecular complexity index is 618. The van der Waals surface area contributed by atoms with Crippen molar-refractivity contribution in [3.63, 3.8) is 0 Å². The number of aromatic nitrogens is 2. The van der Waals surface area contributed by atoms with Gasteiger partial charge in [0.25, 0.3) is 5.69 Å². The molecule has 0 fully saturated rings. The van der Waals surface area contributed by atoms with Gasteiger partial charge in [0.05, 0.1) is 21.8 Å². The molecule has 0 spiro atoms. The molecule has 0 radical (unpaired) electrons. The van der Waals surface area contributed by atoms with E-state index in [9.17, 15) is 14.5 Å². The zero-order chi connectivity index (χ0) is 14.7. The Morgan fingerprint density at radius 1 is 1.60 bits per heavy atom. The summed E-state index contributed by atoms with van der Waals surface area (Å²) in [5, 5.41) is 14.0. The molecule has 1 atom stereocenters. The van der Waals surface area contributed by atoms with E-state index in [4.69, 9.17) is 0 Å². The second-order valence-corrected chi connectivity index (χ2v) is 5.20. The van der Waals surface area contributed by atoms with E-state index in [-0.39, 0.29) is 21.9 Å². The SMILES string of the molecule is CC(Cn1ccnc1)Nc1cc(Br)c(F)cc1[N+](=O)[O-]. The molecule has 8 heteroatoms. The molecule has 0 saturated heterocycles. The number of halogens is 2. The number of nitro groups is 1. The molecule has 1 aromatic carbocycles. The number of rotatable bonds is 5. The first-order valence-corrected chi connectivity index (χ1v) is 6.62. The zero-order valence-corrected chi connectivity index (χ0v) is 12.2. The quantitative estimate of drug-likeness (QED) is 0.668. The molecule has 2 aromatic rings. The van der Waals surface area contributed by atoms with E-state index in [1.165, 1.54) is 6.07 Å². The van der Waals surface area contributed by atoms with E-state index in [0.29, 0.717) is 6.54 Å². The van der Waals surface area contributed by atoms with Crippen LogP contribution in [-0.4, -0.2) is 20.5 Å². The lowest BCUT2D eigenvalue weighted by atomic mass is 10.2. The maximum atomic E-state index is 13.4. The number of nitrogens with zero attached hydrogens (tertiary/aromatic N) is 3. The molecule has 1 unspecified atom stereocenters. The summed E-state index contributed by atoms with van der Waals surface area (Å²) in [6.45, 7) is 2.47. The summed E-state index contributed by atoms with van der Waals surface area (Å²) in [6.07, 6.45) is 5.12. The predicted molar refractivity (Wildman–Crippen MR) is 76.1 cm³/mol. The van der Waals surface area contributed by atoms with Crippen molar-refractivity contribution < 1.29 is 9.31 Å². The Morgan fingerprint density at radius 2 is 2.35 bits per heavy atom. The number of benzene rings is 1. The second-order valence-electron chi connectivity index (χ2n) is 4.35. The fourth-order valence-corrected chi connectivity index (χ4v) is 2.17. The fraction of sp³-hybridized carbons (Fsp3) is 0.250. The minimum atomic E-state index is -0.662. The molecular formula is C12H12BrFN4O2. The molecule has 0 aliphatic carbocycles. The van der Waals surface area contributed by atoms with E-state index in [1.54, 1.807) is 18.7 Å². The smallest absolute Gasteiger partial charge is 0.295 e. The Hall–Kier alpha value is -1.96. The molecule has 0 aliphatic rings. The van der Waals surface area contributed by atoms with Gasteiger partial charge < -0.3 is 9.88 Å². The van der Waals surface area contributed by atoms with Crippen LogP contribution >= 0.6 is 15.9 Å². The standard InChI is InChI=1S/C12H12BrFN4O2/c1-8(6-17-3-2-15-7-17)16-11-4-9(13)10(14)5-12(11)18(19)20/h2-5,7-8,16H,6H2,1H3. The monoisotopic (exact) mass is 342 g/mol. The van der Waals surface area contributed by atoms with Crippen molar-refractivity contribution in [2.24, 2.45) is 0 Å². The lowest BCUT2D eigenvalue weighted by Crippen LogP contribution is -2.21. The predicted octanol–water partition coefficient (Wildman–Crippen LogP) is 3.19. The van der Waals surface area contributed by atoms with Crippen LogP contribution in [0.1, 0.15) is 6.92 Å². The summed E-state index contributed by atoms with van der Waals surface area (Å²) in [5.41, 5.74) is -0.0147. The molecule has 1 aromatic heterocycles. The molecule has 6 nitrogen and oxygen atoms in total. The Kier molecular flexibility index (Phi) is 4.33. The first-order valence-electron chi connectivity index (χ1n) is 5.83. The molecule has 106 valence electrons. The minimum Gasteiger partial charge on any atom is -0.375 e. The van der Waals surface area contributed by atoms with E-state index in [2.05, 4.69) is 26.2 Å². The van der Waals surface area contributed by atoms with Crippen LogP contribution in [-0.2, 0) is 6.54 Å². The fourth-order valence-electron chi connectivity index (χ4n) is 1.83. The normalized spacial score (nSPS) is 12.2. The maximum Gasteiger partial charge on any atom is 0.295 e. The highest BCUT2D eigenvalue weighted by Gasteiger charge is 2.19. The summed E-state index contributed by atoms with van der Waals surface area (Å²) in [5.74, 6) is -0.662. The number of hydrogen-bond acceptors (Lipinski definition) is 4. The molecule has 1 N–H and O–H groups in total. The van der Waals surface area contributed by atoms with E-state index in [1.807, 2.05) is 11.5 Å². The van der Waals surface area contributed by atoms with Gasteiger partial charge >= 0.3 is 0 Å². The van der Waals surface area contributed by atoms with Gasteiger partial charge in [0, 0.05) is 25.0 Å². The molecular weight excluding hydrogens is 331 g/mol. The van der Waals surface area contributed by atoms with Crippen molar-refractivity contribution in [1.82, 2.24) is 9.55 Å². The first-order chi connectivity index (χ1) is 9.47. The van der Waals surface area contributed by atoms with Crippen LogP contribution in [0.15, 0.2) is 35.3 Å². The van der Waals surface area contributed by atoms with Gasteiger partial charge in [-0.05, 0) is 28.9 Å². The molecule has 2 rings (SSSR count). The van der Waals surface area contributed by atoms with Crippen LogP contribution in [0.3, 0.4) is 0 Å². The summed E-state index contributed by atoms with van der Waals surface area (Å²) < 4.78 is 15.4. The summed E-state index contributed by atoms with van der Waals surface area (Å²) >= 11 is 3.03. The average Bonchev–Trinajstić information content (AvgIpc) is 2.85. The van der Waals surface area contributed by atoms with Gasteiger partial charge in [0.15, 0.2) is 0 Å². The third-order valence-corrected chi connectivity index (χ3v) is 3.29. The van der Waals surface area contributed by atoms with Crippen molar-refractivity contribution in [2.45, 2.75) is 19.5 Å². The van der Waals surface area contributed by atoms with Crippen LogP contribution in [0.2, 0.25) is 0 Å². The molecule has 1 heterocycles. The molecule has 0 bridgehead atoms. The largest absolute Gasteiger partial charge is 0.375 e. The molecule has 20 heavy (non-hydrogen) atoms. The minimum absolute atomic E-state index is 0.0831. The van der Waals surface area contributed by atoms with E-state index < -0.39 is 10.7 Å². The maximum absolute atomic E-state index is 13.4. The van der Waals surface area contributed by atoms with Crippen molar-refractivity contribution in [3.8, 4) is 0 Å². The Morgan fingerprint density at radius 3 is 2.95 bits per heavy atom. The van der Waals surface area contributed by atoms with Gasteiger partial charge in [0.1, 0.15) is 11.5 Å². The van der Waals surface area contributed by atoms with Gasteiger partial charge in [-0.2, -0.15) is 0 Å². The molecule has 0 amide bonds. The van der Waals surface area contributed by atoms with Crippen molar-refractivity contribution in [3.05, 3.63) is 51.3 Å². The zero-order valence-electron chi connectivity index (χ0n) is 10.6. The average molecular weight is 343 g/mol. The highest BCUT2D eigenvalue weighted by atomic mass is 79.9.